The molecule has 108 valence electrons. The quantitative estimate of drug-likeness (QED) is 0.851. The first kappa shape index (κ1) is 14.5. The fourth-order valence-electron chi connectivity index (χ4n) is 1.61. The molecule has 0 amide bonds. The van der Waals surface area contributed by atoms with Crippen molar-refractivity contribution in [2.24, 2.45) is 0 Å². The molecule has 0 unspecified atom stereocenters. The molecule has 0 spiro atoms. The third-order valence-electron chi connectivity index (χ3n) is 2.71. The van der Waals surface area contributed by atoms with Gasteiger partial charge in [0.25, 0.3) is 0 Å². The molecule has 0 fully saturated rings. The van der Waals surface area contributed by atoms with Gasteiger partial charge in [-0.2, -0.15) is 15.0 Å². The van der Waals surface area contributed by atoms with E-state index in [4.69, 9.17) is 10.5 Å². The average molecular weight is 293 g/mol. The highest BCUT2D eigenvalue weighted by Crippen LogP contribution is 2.21. The topological polar surface area (TPSA) is 86.0 Å². The molecule has 0 saturated carbocycles. The molecule has 2 aromatic heterocycles. The van der Waals surface area contributed by atoms with E-state index in [0.717, 1.165) is 6.42 Å². The Balaban J connectivity index is 2.03. The summed E-state index contributed by atoms with van der Waals surface area (Å²) in [6.45, 7) is 7.46. The van der Waals surface area contributed by atoms with Gasteiger partial charge in [-0.1, -0.05) is 6.92 Å². The Hall–Kier alpha value is -1.89. The number of nitrogens with zero attached hydrogens (tertiary/aromatic N) is 3. The van der Waals surface area contributed by atoms with Gasteiger partial charge < -0.3 is 15.8 Å². The summed E-state index contributed by atoms with van der Waals surface area (Å²) in [5, 5.41) is 3.15. The van der Waals surface area contributed by atoms with Crippen molar-refractivity contribution in [3.8, 4) is 6.01 Å². The fraction of sp³-hybridized carbons (Fsp3) is 0.462. The summed E-state index contributed by atoms with van der Waals surface area (Å²) in [6.07, 6.45) is 0.891. The summed E-state index contributed by atoms with van der Waals surface area (Å²) < 4.78 is 5.37. The number of aryl methyl sites for hydroxylation is 2. The molecule has 0 aliphatic heterocycles. The van der Waals surface area contributed by atoms with E-state index in [2.05, 4.69) is 40.2 Å². The minimum atomic E-state index is 0.159. The van der Waals surface area contributed by atoms with E-state index in [-0.39, 0.29) is 12.0 Å². The van der Waals surface area contributed by atoms with Crippen LogP contribution in [-0.2, 0) is 6.54 Å². The van der Waals surface area contributed by atoms with E-state index in [0.29, 0.717) is 19.1 Å². The Morgan fingerprint density at radius 3 is 2.75 bits per heavy atom. The first-order valence-corrected chi connectivity index (χ1v) is 7.34. The van der Waals surface area contributed by atoms with Gasteiger partial charge in [-0.3, -0.25) is 0 Å². The van der Waals surface area contributed by atoms with Crippen LogP contribution in [-0.4, -0.2) is 21.6 Å². The van der Waals surface area contributed by atoms with Gasteiger partial charge in [-0.25, -0.2) is 0 Å². The zero-order valence-electron chi connectivity index (χ0n) is 11.9. The molecule has 0 atom stereocenters. The summed E-state index contributed by atoms with van der Waals surface area (Å²) in [6, 6.07) is 2.42. The van der Waals surface area contributed by atoms with Crippen molar-refractivity contribution in [1.82, 2.24) is 15.0 Å². The SMILES string of the molecule is CCCOc1nc(N)nc(NCc2cc(C)c(C)s2)n1. The molecule has 0 aliphatic carbocycles. The molecule has 0 saturated heterocycles. The number of hydrogen-bond acceptors (Lipinski definition) is 7. The minimum Gasteiger partial charge on any atom is -0.463 e. The molecule has 0 aliphatic rings. The third-order valence-corrected chi connectivity index (χ3v) is 3.86. The van der Waals surface area contributed by atoms with E-state index < -0.39 is 0 Å². The van der Waals surface area contributed by atoms with Crippen molar-refractivity contribution in [1.29, 1.82) is 0 Å². The third kappa shape index (κ3) is 3.80. The molecule has 0 bridgehead atoms. The maximum absolute atomic E-state index is 5.65. The maximum atomic E-state index is 5.65. The number of rotatable bonds is 6. The number of hydrogen-bond donors (Lipinski definition) is 2. The molecule has 2 heterocycles. The molecule has 6 nitrogen and oxygen atoms in total. The highest BCUT2D eigenvalue weighted by molar-refractivity contribution is 7.12. The zero-order chi connectivity index (χ0) is 14.5. The highest BCUT2D eigenvalue weighted by atomic mass is 32.1. The van der Waals surface area contributed by atoms with Gasteiger partial charge in [0, 0.05) is 9.75 Å². The summed E-state index contributed by atoms with van der Waals surface area (Å²) in [5.74, 6) is 0.597. The van der Waals surface area contributed by atoms with Gasteiger partial charge >= 0.3 is 6.01 Å². The predicted octanol–water partition coefficient (Wildman–Crippen LogP) is 2.53. The summed E-state index contributed by atoms with van der Waals surface area (Å²) >= 11 is 1.76. The Morgan fingerprint density at radius 2 is 2.10 bits per heavy atom. The number of ether oxygens (including phenoxy) is 1. The Morgan fingerprint density at radius 1 is 1.30 bits per heavy atom. The van der Waals surface area contributed by atoms with Crippen LogP contribution < -0.4 is 15.8 Å². The molecule has 2 rings (SSSR count). The van der Waals surface area contributed by atoms with Gasteiger partial charge in [0.1, 0.15) is 0 Å². The van der Waals surface area contributed by atoms with Crippen molar-refractivity contribution >= 4 is 23.2 Å². The van der Waals surface area contributed by atoms with Crippen LogP contribution in [0.1, 0.15) is 28.7 Å². The number of nitrogens with one attached hydrogen (secondary N) is 1. The normalized spacial score (nSPS) is 10.6. The van der Waals surface area contributed by atoms with Gasteiger partial charge in [-0.05, 0) is 31.9 Å². The number of anilines is 2. The van der Waals surface area contributed by atoms with Crippen molar-refractivity contribution in [2.45, 2.75) is 33.7 Å². The number of aromatic nitrogens is 3. The first-order valence-electron chi connectivity index (χ1n) is 6.52. The Bertz CT molecular complexity index is 565. The van der Waals surface area contributed by atoms with Crippen molar-refractivity contribution < 1.29 is 4.74 Å². The largest absolute Gasteiger partial charge is 0.463 e. The lowest BCUT2D eigenvalue weighted by Crippen LogP contribution is -2.09. The summed E-state index contributed by atoms with van der Waals surface area (Å²) in [5.41, 5.74) is 6.95. The lowest BCUT2D eigenvalue weighted by molar-refractivity contribution is 0.292. The molecule has 20 heavy (non-hydrogen) atoms. The minimum absolute atomic E-state index is 0.159. The molecule has 0 radical (unpaired) electrons. The van der Waals surface area contributed by atoms with Crippen molar-refractivity contribution in [3.63, 3.8) is 0 Å². The molecule has 7 heteroatoms. The van der Waals surface area contributed by atoms with E-state index in [9.17, 15) is 0 Å². The smallest absolute Gasteiger partial charge is 0.323 e. The lowest BCUT2D eigenvalue weighted by Gasteiger charge is -2.06. The summed E-state index contributed by atoms with van der Waals surface area (Å²) in [7, 11) is 0. The van der Waals surface area contributed by atoms with Crippen LogP contribution in [0.2, 0.25) is 0 Å². The zero-order valence-corrected chi connectivity index (χ0v) is 12.8. The maximum Gasteiger partial charge on any atom is 0.323 e. The molecule has 0 aromatic carbocycles. The fourth-order valence-corrected chi connectivity index (χ4v) is 2.61. The molecule has 3 N–H and O–H groups in total. The van der Waals surface area contributed by atoms with Gasteiger partial charge in [0.2, 0.25) is 11.9 Å². The first-order chi connectivity index (χ1) is 9.58. The lowest BCUT2D eigenvalue weighted by atomic mass is 10.3. The van der Waals surface area contributed by atoms with E-state index in [1.54, 1.807) is 11.3 Å². The van der Waals surface area contributed by atoms with Crippen LogP contribution in [0, 0.1) is 13.8 Å². The van der Waals surface area contributed by atoms with Crippen LogP contribution >= 0.6 is 11.3 Å². The van der Waals surface area contributed by atoms with E-state index in [1.165, 1.54) is 15.3 Å². The second kappa shape index (κ2) is 6.51. The molecular weight excluding hydrogens is 274 g/mol. The Kier molecular flexibility index (Phi) is 4.73. The van der Waals surface area contributed by atoms with Crippen LogP contribution in [0.25, 0.3) is 0 Å². The van der Waals surface area contributed by atoms with Crippen molar-refractivity contribution in [2.75, 3.05) is 17.7 Å². The highest BCUT2D eigenvalue weighted by Gasteiger charge is 2.06. The summed E-state index contributed by atoms with van der Waals surface area (Å²) in [4.78, 5) is 14.7. The number of nitrogens with two attached hydrogens (primary N) is 1. The van der Waals surface area contributed by atoms with Gasteiger partial charge in [0.05, 0.1) is 13.2 Å². The second-order valence-corrected chi connectivity index (χ2v) is 5.79. The van der Waals surface area contributed by atoms with E-state index in [1.807, 2.05) is 6.92 Å². The molecule has 2 aromatic rings. The number of nitrogen functional groups attached to an aromatic ring is 1. The second-order valence-electron chi connectivity index (χ2n) is 4.45. The number of thiophene rings is 1. The monoisotopic (exact) mass is 293 g/mol. The standard InChI is InChI=1S/C13H19N5OS/c1-4-5-19-13-17-11(14)16-12(18-13)15-7-10-6-8(2)9(3)20-10/h6H,4-5,7H2,1-3H3,(H3,14,15,16,17,18). The van der Waals surface area contributed by atoms with Crippen LogP contribution in [0.5, 0.6) is 6.01 Å². The Labute approximate surface area is 122 Å². The van der Waals surface area contributed by atoms with E-state index >= 15 is 0 Å². The van der Waals surface area contributed by atoms with Crippen molar-refractivity contribution in [3.05, 3.63) is 21.4 Å². The predicted molar refractivity (Wildman–Crippen MR) is 81.1 cm³/mol. The van der Waals surface area contributed by atoms with Crippen LogP contribution in [0.4, 0.5) is 11.9 Å². The van der Waals surface area contributed by atoms with Gasteiger partial charge in [-0.15, -0.1) is 11.3 Å². The van der Waals surface area contributed by atoms with Crippen LogP contribution in [0.15, 0.2) is 6.07 Å². The average Bonchev–Trinajstić information content (AvgIpc) is 2.73. The van der Waals surface area contributed by atoms with Gasteiger partial charge in [0.15, 0.2) is 0 Å². The molecular formula is C13H19N5OS. The van der Waals surface area contributed by atoms with Crippen LogP contribution in [0.3, 0.4) is 0 Å².